The Balaban J connectivity index is 2.71. The Hall–Kier alpha value is -0.340. The van der Waals surface area contributed by atoms with Crippen molar-refractivity contribution in [1.29, 1.82) is 0 Å². The number of hydrogen-bond acceptors (Lipinski definition) is 5. The van der Waals surface area contributed by atoms with E-state index < -0.39 is 10.0 Å². The third-order valence-electron chi connectivity index (χ3n) is 1.81. The highest BCUT2D eigenvalue weighted by Crippen LogP contribution is 2.32. The van der Waals surface area contributed by atoms with Crippen molar-refractivity contribution in [3.63, 3.8) is 0 Å². The second-order valence-corrected chi connectivity index (χ2v) is 7.14. The van der Waals surface area contributed by atoms with Crippen molar-refractivity contribution in [3.05, 3.63) is 10.4 Å². The maximum absolute atomic E-state index is 11.7. The van der Waals surface area contributed by atoms with Crippen molar-refractivity contribution < 1.29 is 8.42 Å². The molecule has 0 atom stereocenters. The predicted molar refractivity (Wildman–Crippen MR) is 67.5 cm³/mol. The summed E-state index contributed by atoms with van der Waals surface area (Å²) in [5.41, 5.74) is 5.78. The first-order chi connectivity index (χ1) is 7.33. The van der Waals surface area contributed by atoms with Gasteiger partial charge in [0.15, 0.2) is 0 Å². The van der Waals surface area contributed by atoms with Gasteiger partial charge >= 0.3 is 0 Å². The zero-order valence-corrected chi connectivity index (χ0v) is 11.4. The maximum Gasteiger partial charge on any atom is 0.250 e. The molecular formula is C8H14ClN3O2S2. The minimum Gasteiger partial charge on any atom is -0.397 e. The second kappa shape index (κ2) is 5.33. The second-order valence-electron chi connectivity index (χ2n) is 3.50. The van der Waals surface area contributed by atoms with Crippen molar-refractivity contribution in [3.8, 4) is 0 Å². The quantitative estimate of drug-likeness (QED) is 0.839. The summed E-state index contributed by atoms with van der Waals surface area (Å²) in [5, 5.41) is 0. The molecule has 8 heteroatoms. The smallest absolute Gasteiger partial charge is 0.250 e. The summed E-state index contributed by atoms with van der Waals surface area (Å²) in [4.78, 5) is 1.89. The molecule has 92 valence electrons. The molecule has 0 unspecified atom stereocenters. The number of thiophene rings is 1. The van der Waals surface area contributed by atoms with Gasteiger partial charge in [0.25, 0.3) is 0 Å². The lowest BCUT2D eigenvalue weighted by Gasteiger charge is -2.09. The molecule has 3 N–H and O–H groups in total. The van der Waals surface area contributed by atoms with E-state index in [0.717, 1.165) is 11.3 Å². The van der Waals surface area contributed by atoms with E-state index >= 15 is 0 Å². The molecule has 16 heavy (non-hydrogen) atoms. The zero-order chi connectivity index (χ0) is 12.3. The Morgan fingerprint density at radius 1 is 1.56 bits per heavy atom. The highest BCUT2D eigenvalue weighted by atomic mass is 35.5. The first-order valence-electron chi connectivity index (χ1n) is 4.52. The Labute approximate surface area is 104 Å². The first-order valence-corrected chi connectivity index (χ1v) is 7.20. The van der Waals surface area contributed by atoms with Crippen LogP contribution >= 0.6 is 22.9 Å². The Morgan fingerprint density at radius 3 is 2.62 bits per heavy atom. The van der Waals surface area contributed by atoms with Crippen LogP contribution in [-0.2, 0) is 10.0 Å². The van der Waals surface area contributed by atoms with E-state index in [1.54, 1.807) is 0 Å². The SMILES string of the molecule is CN(C)CCNS(=O)(=O)c1cc(N)c(Cl)s1. The number of hydrogen-bond donors (Lipinski definition) is 2. The van der Waals surface area contributed by atoms with Gasteiger partial charge in [0.1, 0.15) is 8.55 Å². The van der Waals surface area contributed by atoms with Crippen LogP contribution in [0.15, 0.2) is 10.3 Å². The molecule has 0 aliphatic heterocycles. The summed E-state index contributed by atoms with van der Waals surface area (Å²) in [6.07, 6.45) is 0. The summed E-state index contributed by atoms with van der Waals surface area (Å²) < 4.78 is 26.4. The molecule has 1 aromatic heterocycles. The molecule has 5 nitrogen and oxygen atoms in total. The molecule has 0 bridgehead atoms. The number of anilines is 1. The summed E-state index contributed by atoms with van der Waals surface area (Å²) in [7, 11) is 0.258. The van der Waals surface area contributed by atoms with Crippen LogP contribution in [0.1, 0.15) is 0 Å². The van der Waals surface area contributed by atoms with E-state index in [1.807, 2.05) is 19.0 Å². The number of rotatable bonds is 5. The number of likely N-dealkylation sites (N-methyl/N-ethyl adjacent to an activating group) is 1. The highest BCUT2D eigenvalue weighted by molar-refractivity contribution is 7.91. The molecule has 1 heterocycles. The summed E-state index contributed by atoms with van der Waals surface area (Å²) in [5.74, 6) is 0. The molecule has 0 saturated carbocycles. The normalized spacial score (nSPS) is 12.2. The van der Waals surface area contributed by atoms with Gasteiger partial charge in [-0.3, -0.25) is 0 Å². The summed E-state index contributed by atoms with van der Waals surface area (Å²) in [6.45, 7) is 0.985. The Kier molecular flexibility index (Phi) is 4.57. The zero-order valence-electron chi connectivity index (χ0n) is 9.03. The number of halogens is 1. The average Bonchev–Trinajstić information content (AvgIpc) is 2.46. The largest absolute Gasteiger partial charge is 0.397 e. The van der Waals surface area contributed by atoms with Gasteiger partial charge in [-0.15, -0.1) is 11.3 Å². The van der Waals surface area contributed by atoms with Crippen molar-refractivity contribution in [2.75, 3.05) is 32.9 Å². The van der Waals surface area contributed by atoms with E-state index in [4.69, 9.17) is 17.3 Å². The van der Waals surface area contributed by atoms with Crippen LogP contribution < -0.4 is 10.5 Å². The van der Waals surface area contributed by atoms with Crippen LogP contribution in [0.3, 0.4) is 0 Å². The molecule has 1 aromatic rings. The summed E-state index contributed by atoms with van der Waals surface area (Å²) >= 11 is 6.67. The lowest BCUT2D eigenvalue weighted by atomic mass is 10.6. The molecule has 0 saturated heterocycles. The number of nitrogens with two attached hydrogens (primary N) is 1. The molecule has 0 radical (unpaired) electrons. The first kappa shape index (κ1) is 13.7. The molecule has 0 amide bonds. The molecule has 0 aromatic carbocycles. The minimum absolute atomic E-state index is 0.147. The minimum atomic E-state index is -3.48. The van der Waals surface area contributed by atoms with Gasteiger partial charge in [-0.1, -0.05) is 11.6 Å². The van der Waals surface area contributed by atoms with Crippen molar-refractivity contribution in [2.24, 2.45) is 0 Å². The summed E-state index contributed by atoms with van der Waals surface area (Å²) in [6, 6.07) is 1.37. The van der Waals surface area contributed by atoms with Crippen molar-refractivity contribution >= 4 is 38.6 Å². The highest BCUT2D eigenvalue weighted by Gasteiger charge is 2.18. The molecular weight excluding hydrogens is 270 g/mol. The lowest BCUT2D eigenvalue weighted by molar-refractivity contribution is 0.412. The molecule has 0 spiro atoms. The third kappa shape index (κ3) is 3.60. The molecule has 0 aliphatic rings. The van der Waals surface area contributed by atoms with Gasteiger partial charge in [-0.2, -0.15) is 0 Å². The molecule has 1 rings (SSSR count). The van der Waals surface area contributed by atoms with Crippen LogP contribution in [0.2, 0.25) is 4.34 Å². The monoisotopic (exact) mass is 283 g/mol. The van der Waals surface area contributed by atoms with Gasteiger partial charge in [0, 0.05) is 13.1 Å². The van der Waals surface area contributed by atoms with E-state index in [9.17, 15) is 8.42 Å². The van der Waals surface area contributed by atoms with E-state index in [2.05, 4.69) is 4.72 Å². The fraction of sp³-hybridized carbons (Fsp3) is 0.500. The van der Waals surface area contributed by atoms with Crippen LogP contribution in [0.4, 0.5) is 5.69 Å². The number of nitrogens with one attached hydrogen (secondary N) is 1. The van der Waals surface area contributed by atoms with E-state index in [1.165, 1.54) is 6.07 Å². The van der Waals surface area contributed by atoms with Crippen LogP contribution in [-0.4, -0.2) is 40.5 Å². The van der Waals surface area contributed by atoms with E-state index in [0.29, 0.717) is 23.1 Å². The van der Waals surface area contributed by atoms with Gasteiger partial charge in [0.2, 0.25) is 10.0 Å². The van der Waals surface area contributed by atoms with Gasteiger partial charge in [0.05, 0.1) is 5.69 Å². The third-order valence-corrected chi connectivity index (χ3v) is 5.13. The Morgan fingerprint density at radius 2 is 2.19 bits per heavy atom. The number of sulfonamides is 1. The van der Waals surface area contributed by atoms with Crippen LogP contribution in [0.25, 0.3) is 0 Å². The Bertz CT molecular complexity index is 436. The molecule has 0 fully saturated rings. The van der Waals surface area contributed by atoms with Gasteiger partial charge in [-0.25, -0.2) is 13.1 Å². The predicted octanol–water partition coefficient (Wildman–Crippen LogP) is 0.824. The number of nitrogen functional groups attached to an aromatic ring is 1. The lowest BCUT2D eigenvalue weighted by Crippen LogP contribution is -2.30. The number of nitrogens with zero attached hydrogens (tertiary/aromatic N) is 1. The van der Waals surface area contributed by atoms with Crippen molar-refractivity contribution in [1.82, 2.24) is 9.62 Å². The maximum atomic E-state index is 11.7. The fourth-order valence-corrected chi connectivity index (χ4v) is 3.60. The van der Waals surface area contributed by atoms with Crippen molar-refractivity contribution in [2.45, 2.75) is 4.21 Å². The standard InChI is InChI=1S/C8H14ClN3O2S2/c1-12(2)4-3-11-16(13,14)7-5-6(10)8(9)15-7/h5,11H,3-4,10H2,1-2H3. The topological polar surface area (TPSA) is 75.4 Å². The van der Waals surface area contributed by atoms with Gasteiger partial charge < -0.3 is 10.6 Å². The molecule has 0 aliphatic carbocycles. The van der Waals surface area contributed by atoms with Gasteiger partial charge in [-0.05, 0) is 20.2 Å². The van der Waals surface area contributed by atoms with E-state index in [-0.39, 0.29) is 4.21 Å². The van der Waals surface area contributed by atoms with Crippen LogP contribution in [0.5, 0.6) is 0 Å². The fourth-order valence-electron chi connectivity index (χ4n) is 0.968. The van der Waals surface area contributed by atoms with Crippen LogP contribution in [0, 0.1) is 0 Å². The average molecular weight is 284 g/mol.